The lowest BCUT2D eigenvalue weighted by Gasteiger charge is -2.28. The molecule has 3 rings (SSSR count). The summed E-state index contributed by atoms with van der Waals surface area (Å²) < 4.78 is 31.9. The number of fused-ring (bicyclic) bond motifs is 1. The Morgan fingerprint density at radius 2 is 2.05 bits per heavy atom. The first-order chi connectivity index (χ1) is 10.1. The van der Waals surface area contributed by atoms with Crippen LogP contribution >= 0.6 is 0 Å². The van der Waals surface area contributed by atoms with Crippen LogP contribution in [0.3, 0.4) is 0 Å². The van der Waals surface area contributed by atoms with Gasteiger partial charge in [0.1, 0.15) is 5.84 Å². The zero-order valence-corrected chi connectivity index (χ0v) is 12.8. The van der Waals surface area contributed by atoms with Crippen molar-refractivity contribution in [3.63, 3.8) is 0 Å². The number of benzene rings is 1. The van der Waals surface area contributed by atoms with Crippen LogP contribution < -0.4 is 4.72 Å². The number of aliphatic imine (C=N–C) groups is 1. The second-order valence-electron chi connectivity index (χ2n) is 5.34. The first-order valence-corrected chi connectivity index (χ1v) is 8.55. The molecule has 1 N–H and O–H groups in total. The van der Waals surface area contributed by atoms with E-state index in [-0.39, 0.29) is 6.04 Å². The van der Waals surface area contributed by atoms with E-state index in [1.54, 1.807) is 18.2 Å². The summed E-state index contributed by atoms with van der Waals surface area (Å²) in [6.07, 6.45) is 0. The average Bonchev–Trinajstić information content (AvgIpc) is 2.72. The first kappa shape index (κ1) is 14.5. The topological polar surface area (TPSA) is 71.0 Å². The zero-order chi connectivity index (χ0) is 14.9. The molecule has 0 spiro atoms. The van der Waals surface area contributed by atoms with Gasteiger partial charge in [-0.05, 0) is 19.1 Å². The SMILES string of the molecule is C[C@@H](CN1CCOCC1)N=C1NS(=O)(=O)c2ccccc21. The van der Waals surface area contributed by atoms with E-state index in [0.717, 1.165) is 32.8 Å². The molecule has 1 aromatic carbocycles. The monoisotopic (exact) mass is 309 g/mol. The van der Waals surface area contributed by atoms with E-state index in [1.165, 1.54) is 0 Å². The number of nitrogens with one attached hydrogen (secondary N) is 1. The van der Waals surface area contributed by atoms with Crippen molar-refractivity contribution in [2.45, 2.75) is 17.9 Å². The molecule has 2 aliphatic rings. The summed E-state index contributed by atoms with van der Waals surface area (Å²) in [5.74, 6) is 0.450. The summed E-state index contributed by atoms with van der Waals surface area (Å²) in [6, 6.07) is 6.95. The zero-order valence-electron chi connectivity index (χ0n) is 11.9. The van der Waals surface area contributed by atoms with E-state index in [4.69, 9.17) is 4.74 Å². The summed E-state index contributed by atoms with van der Waals surface area (Å²) in [7, 11) is -3.45. The quantitative estimate of drug-likeness (QED) is 0.880. The Morgan fingerprint density at radius 3 is 2.81 bits per heavy atom. The van der Waals surface area contributed by atoms with E-state index in [0.29, 0.717) is 16.3 Å². The van der Waals surface area contributed by atoms with Crippen LogP contribution in [0, 0.1) is 0 Å². The fraction of sp³-hybridized carbons (Fsp3) is 0.500. The number of hydrogen-bond donors (Lipinski definition) is 1. The Morgan fingerprint density at radius 1 is 1.33 bits per heavy atom. The maximum atomic E-state index is 12.0. The number of nitrogens with zero attached hydrogens (tertiary/aromatic N) is 2. The van der Waals surface area contributed by atoms with Crippen LogP contribution in [0.25, 0.3) is 0 Å². The van der Waals surface area contributed by atoms with Gasteiger partial charge in [0.2, 0.25) is 0 Å². The fourth-order valence-corrected chi connectivity index (χ4v) is 3.89. The van der Waals surface area contributed by atoms with Crippen molar-refractivity contribution < 1.29 is 13.2 Å². The van der Waals surface area contributed by atoms with Crippen molar-refractivity contribution in [1.29, 1.82) is 0 Å². The number of rotatable bonds is 3. The Bertz CT molecular complexity index is 651. The van der Waals surface area contributed by atoms with E-state index >= 15 is 0 Å². The Labute approximate surface area is 124 Å². The van der Waals surface area contributed by atoms with Gasteiger partial charge < -0.3 is 4.74 Å². The molecule has 114 valence electrons. The first-order valence-electron chi connectivity index (χ1n) is 7.06. The molecule has 0 amide bonds. The Kier molecular flexibility index (Phi) is 3.97. The van der Waals surface area contributed by atoms with E-state index in [2.05, 4.69) is 14.6 Å². The summed E-state index contributed by atoms with van der Waals surface area (Å²) >= 11 is 0. The molecule has 0 aliphatic carbocycles. The molecule has 0 bridgehead atoms. The van der Waals surface area contributed by atoms with Gasteiger partial charge in [-0.3, -0.25) is 14.6 Å². The van der Waals surface area contributed by atoms with Crippen molar-refractivity contribution in [1.82, 2.24) is 9.62 Å². The highest BCUT2D eigenvalue weighted by molar-refractivity contribution is 7.90. The largest absolute Gasteiger partial charge is 0.379 e. The summed E-state index contributed by atoms with van der Waals surface area (Å²) in [5, 5.41) is 0. The van der Waals surface area contributed by atoms with Crippen LogP contribution in [0.5, 0.6) is 0 Å². The normalized spacial score (nSPS) is 24.5. The Balaban J connectivity index is 1.77. The molecule has 2 heterocycles. The molecular formula is C14H19N3O3S. The lowest BCUT2D eigenvalue weighted by molar-refractivity contribution is 0.0361. The van der Waals surface area contributed by atoms with Crippen molar-refractivity contribution >= 4 is 15.9 Å². The summed E-state index contributed by atoms with van der Waals surface area (Å²) in [5.41, 5.74) is 0.659. The van der Waals surface area contributed by atoms with Gasteiger partial charge in [-0.15, -0.1) is 0 Å². The minimum absolute atomic E-state index is 0.0203. The van der Waals surface area contributed by atoms with Gasteiger partial charge in [-0.25, -0.2) is 8.42 Å². The smallest absolute Gasteiger partial charge is 0.263 e. The van der Waals surface area contributed by atoms with Crippen LogP contribution in [0.1, 0.15) is 12.5 Å². The highest BCUT2D eigenvalue weighted by Crippen LogP contribution is 2.22. The fourth-order valence-electron chi connectivity index (χ4n) is 2.65. The molecule has 2 aliphatic heterocycles. The molecule has 1 saturated heterocycles. The molecule has 0 aromatic heterocycles. The van der Waals surface area contributed by atoms with Crippen LogP contribution in [-0.4, -0.2) is 58.0 Å². The van der Waals surface area contributed by atoms with Crippen LogP contribution in [-0.2, 0) is 14.8 Å². The maximum Gasteiger partial charge on any atom is 0.263 e. The second kappa shape index (κ2) is 5.75. The standard InChI is InChI=1S/C14H19N3O3S/c1-11(10-17-6-8-20-9-7-17)15-14-12-4-2-3-5-13(12)21(18,19)16-14/h2-5,11H,6-10H2,1H3,(H,15,16)/t11-/m0/s1. The third kappa shape index (κ3) is 3.09. The minimum atomic E-state index is -3.45. The lowest BCUT2D eigenvalue weighted by atomic mass is 10.2. The highest BCUT2D eigenvalue weighted by atomic mass is 32.2. The van der Waals surface area contributed by atoms with Crippen molar-refractivity contribution in [2.24, 2.45) is 4.99 Å². The molecule has 6 nitrogen and oxygen atoms in total. The number of hydrogen-bond acceptors (Lipinski definition) is 5. The van der Waals surface area contributed by atoms with Crippen LogP contribution in [0.4, 0.5) is 0 Å². The van der Waals surface area contributed by atoms with Gasteiger partial charge in [0.25, 0.3) is 10.0 Å². The second-order valence-corrected chi connectivity index (χ2v) is 6.99. The molecule has 1 atom stereocenters. The van der Waals surface area contributed by atoms with Gasteiger partial charge in [0.15, 0.2) is 0 Å². The van der Waals surface area contributed by atoms with Gasteiger partial charge in [0.05, 0.1) is 24.2 Å². The van der Waals surface area contributed by atoms with Gasteiger partial charge in [-0.1, -0.05) is 12.1 Å². The number of sulfonamides is 1. The van der Waals surface area contributed by atoms with Crippen LogP contribution in [0.15, 0.2) is 34.2 Å². The van der Waals surface area contributed by atoms with Crippen LogP contribution in [0.2, 0.25) is 0 Å². The molecular weight excluding hydrogens is 290 g/mol. The molecule has 0 radical (unpaired) electrons. The molecule has 21 heavy (non-hydrogen) atoms. The predicted molar refractivity (Wildman–Crippen MR) is 80.0 cm³/mol. The molecule has 7 heteroatoms. The van der Waals surface area contributed by atoms with Gasteiger partial charge in [-0.2, -0.15) is 0 Å². The third-order valence-corrected chi connectivity index (χ3v) is 5.04. The summed E-state index contributed by atoms with van der Waals surface area (Å²) in [6.45, 7) is 6.10. The maximum absolute atomic E-state index is 12.0. The summed E-state index contributed by atoms with van der Waals surface area (Å²) in [4.78, 5) is 7.14. The number of amidine groups is 1. The van der Waals surface area contributed by atoms with E-state index < -0.39 is 10.0 Å². The average molecular weight is 309 g/mol. The lowest BCUT2D eigenvalue weighted by Crippen LogP contribution is -2.40. The third-order valence-electron chi connectivity index (χ3n) is 3.64. The van der Waals surface area contributed by atoms with Gasteiger partial charge in [0, 0.05) is 25.2 Å². The van der Waals surface area contributed by atoms with Crippen molar-refractivity contribution in [3.8, 4) is 0 Å². The predicted octanol–water partition coefficient (Wildman–Crippen LogP) is 0.446. The van der Waals surface area contributed by atoms with E-state index in [1.807, 2.05) is 13.0 Å². The highest BCUT2D eigenvalue weighted by Gasteiger charge is 2.30. The van der Waals surface area contributed by atoms with Crippen molar-refractivity contribution in [2.75, 3.05) is 32.8 Å². The van der Waals surface area contributed by atoms with Crippen molar-refractivity contribution in [3.05, 3.63) is 29.8 Å². The molecule has 1 fully saturated rings. The van der Waals surface area contributed by atoms with Gasteiger partial charge >= 0.3 is 0 Å². The van der Waals surface area contributed by atoms with E-state index in [9.17, 15) is 8.42 Å². The minimum Gasteiger partial charge on any atom is -0.379 e. The molecule has 1 aromatic rings. The number of morpholine rings is 1. The molecule has 0 saturated carbocycles. The number of ether oxygens (including phenoxy) is 1. The molecule has 0 unspecified atom stereocenters. The Hall–Kier alpha value is -1.44.